The van der Waals surface area contributed by atoms with Crippen LogP contribution >= 0.6 is 0 Å². The fraction of sp³-hybridized carbons (Fsp3) is 0.286. The van der Waals surface area contributed by atoms with Crippen LogP contribution in [0, 0.1) is 25.2 Å². The molecule has 0 aromatic carbocycles. The van der Waals surface area contributed by atoms with E-state index in [0.29, 0.717) is 11.4 Å². The average molecular weight is 133 g/mol. The third-order valence-corrected chi connectivity index (χ3v) is 1.22. The lowest BCUT2D eigenvalue weighted by Crippen LogP contribution is -1.93. The van der Waals surface area contributed by atoms with Crippen LogP contribution in [0.3, 0.4) is 0 Å². The molecule has 10 heavy (non-hydrogen) atoms. The van der Waals surface area contributed by atoms with Crippen LogP contribution in [0.4, 0.5) is 0 Å². The third-order valence-electron chi connectivity index (χ3n) is 1.22. The smallest absolute Gasteiger partial charge is 0.125 e. The quantitative estimate of drug-likeness (QED) is 0.529. The van der Waals surface area contributed by atoms with Gasteiger partial charge in [-0.15, -0.1) is 0 Å². The highest BCUT2D eigenvalue weighted by atomic mass is 14.9. The Bertz CT molecular complexity index is 285. The highest BCUT2D eigenvalue weighted by molar-refractivity contribution is 5.29. The molecule has 1 aromatic rings. The summed E-state index contributed by atoms with van der Waals surface area (Å²) in [5.74, 6) is 0.705. The maximum atomic E-state index is 8.48. The Kier molecular flexibility index (Phi) is 1.63. The topological polar surface area (TPSA) is 49.6 Å². The van der Waals surface area contributed by atoms with Gasteiger partial charge in [-0.1, -0.05) is 0 Å². The lowest BCUT2D eigenvalue weighted by atomic mass is 10.3. The molecule has 0 aliphatic carbocycles. The Morgan fingerprint density at radius 1 is 1.50 bits per heavy atom. The molecule has 0 saturated carbocycles. The first-order valence-electron chi connectivity index (χ1n) is 2.94. The number of rotatable bonds is 0. The Labute approximate surface area is 59.4 Å². The zero-order valence-corrected chi connectivity index (χ0v) is 5.92. The van der Waals surface area contributed by atoms with Crippen LogP contribution < -0.4 is 0 Å². The first kappa shape index (κ1) is 6.69. The van der Waals surface area contributed by atoms with Crippen LogP contribution in [0.1, 0.15) is 17.1 Å². The third kappa shape index (κ3) is 1.11. The van der Waals surface area contributed by atoms with E-state index >= 15 is 0 Å². The molecule has 3 heteroatoms. The summed E-state index contributed by atoms with van der Waals surface area (Å²) in [6.45, 7) is 3.60. The second-order valence-electron chi connectivity index (χ2n) is 2.03. The molecule has 0 fully saturated rings. The fourth-order valence-electron chi connectivity index (χ4n) is 0.693. The van der Waals surface area contributed by atoms with Gasteiger partial charge in [0.25, 0.3) is 0 Å². The first-order valence-corrected chi connectivity index (χ1v) is 2.94. The summed E-state index contributed by atoms with van der Waals surface area (Å²) in [7, 11) is 0. The molecule has 1 heterocycles. The van der Waals surface area contributed by atoms with E-state index in [-0.39, 0.29) is 0 Å². The lowest BCUT2D eigenvalue weighted by Gasteiger charge is -1.94. The number of aryl methyl sites for hydroxylation is 2. The molecular formula is C7H7N3. The monoisotopic (exact) mass is 133 g/mol. The molecular weight excluding hydrogens is 126 g/mol. The van der Waals surface area contributed by atoms with E-state index in [1.54, 1.807) is 13.8 Å². The largest absolute Gasteiger partial charge is 0.240 e. The van der Waals surface area contributed by atoms with Gasteiger partial charge in [-0.25, -0.2) is 9.97 Å². The maximum Gasteiger partial charge on any atom is 0.125 e. The van der Waals surface area contributed by atoms with Crippen molar-refractivity contribution in [1.82, 2.24) is 9.97 Å². The van der Waals surface area contributed by atoms with Crippen molar-refractivity contribution in [2.75, 3.05) is 0 Å². The minimum Gasteiger partial charge on any atom is -0.240 e. The Morgan fingerprint density at radius 3 is 2.70 bits per heavy atom. The van der Waals surface area contributed by atoms with Crippen LogP contribution in [0.5, 0.6) is 0 Å². The first-order chi connectivity index (χ1) is 4.74. The molecule has 0 radical (unpaired) electrons. The predicted molar refractivity (Wildman–Crippen MR) is 36.2 cm³/mol. The summed E-state index contributed by atoms with van der Waals surface area (Å²) in [5, 5.41) is 8.48. The summed E-state index contributed by atoms with van der Waals surface area (Å²) in [6.07, 6.45) is 1.54. The molecule has 0 saturated heterocycles. The molecule has 0 atom stereocenters. The normalized spacial score (nSPS) is 8.90. The second kappa shape index (κ2) is 2.44. The van der Waals surface area contributed by atoms with E-state index in [4.69, 9.17) is 5.26 Å². The van der Waals surface area contributed by atoms with Gasteiger partial charge in [0.2, 0.25) is 0 Å². The van der Waals surface area contributed by atoms with Gasteiger partial charge in [-0.05, 0) is 13.8 Å². The Morgan fingerprint density at radius 2 is 2.20 bits per heavy atom. The van der Waals surface area contributed by atoms with Gasteiger partial charge in [0.05, 0.1) is 11.3 Å². The molecule has 0 spiro atoms. The van der Waals surface area contributed by atoms with E-state index in [1.165, 1.54) is 6.20 Å². The Balaban J connectivity index is 3.23. The van der Waals surface area contributed by atoms with Gasteiger partial charge in [-0.2, -0.15) is 5.26 Å². The Hall–Kier alpha value is -1.43. The van der Waals surface area contributed by atoms with Crippen LogP contribution in [-0.4, -0.2) is 9.97 Å². The standard InChI is InChI=1S/C7H7N3/c1-5-7(3-8)4-9-6(2)10-5/h4H,1-2H3. The molecule has 0 amide bonds. The number of nitriles is 1. The summed E-state index contributed by atoms with van der Waals surface area (Å²) in [5.41, 5.74) is 1.29. The van der Waals surface area contributed by atoms with Gasteiger partial charge in [0.15, 0.2) is 0 Å². The van der Waals surface area contributed by atoms with E-state index in [2.05, 4.69) is 9.97 Å². The van der Waals surface area contributed by atoms with Crippen molar-refractivity contribution in [1.29, 1.82) is 5.26 Å². The molecule has 0 bridgehead atoms. The zero-order chi connectivity index (χ0) is 7.56. The van der Waals surface area contributed by atoms with Crippen molar-refractivity contribution in [3.05, 3.63) is 23.3 Å². The number of nitrogens with zero attached hydrogens (tertiary/aromatic N) is 3. The van der Waals surface area contributed by atoms with E-state index in [0.717, 1.165) is 5.69 Å². The molecule has 3 nitrogen and oxygen atoms in total. The van der Waals surface area contributed by atoms with Gasteiger partial charge < -0.3 is 0 Å². The summed E-state index contributed by atoms with van der Waals surface area (Å²) in [6, 6.07) is 2.00. The van der Waals surface area contributed by atoms with Gasteiger partial charge in [0.1, 0.15) is 11.9 Å². The fourth-order valence-corrected chi connectivity index (χ4v) is 0.693. The van der Waals surface area contributed by atoms with Crippen molar-refractivity contribution < 1.29 is 0 Å². The summed E-state index contributed by atoms with van der Waals surface area (Å²) < 4.78 is 0. The summed E-state index contributed by atoms with van der Waals surface area (Å²) in [4.78, 5) is 7.89. The van der Waals surface area contributed by atoms with Crippen molar-refractivity contribution in [3.8, 4) is 6.07 Å². The summed E-state index contributed by atoms with van der Waals surface area (Å²) >= 11 is 0. The number of hydrogen-bond donors (Lipinski definition) is 0. The SMILES string of the molecule is Cc1ncc(C#N)c(C)n1. The number of hydrogen-bond acceptors (Lipinski definition) is 3. The lowest BCUT2D eigenvalue weighted by molar-refractivity contribution is 1.00. The predicted octanol–water partition coefficient (Wildman–Crippen LogP) is 0.965. The van der Waals surface area contributed by atoms with Crippen LogP contribution in [0.2, 0.25) is 0 Å². The highest BCUT2D eigenvalue weighted by Gasteiger charge is 1.96. The number of aromatic nitrogens is 2. The van der Waals surface area contributed by atoms with Crippen LogP contribution in [-0.2, 0) is 0 Å². The maximum absolute atomic E-state index is 8.48. The van der Waals surface area contributed by atoms with Crippen LogP contribution in [0.15, 0.2) is 6.20 Å². The average Bonchev–Trinajstić information content (AvgIpc) is 1.88. The molecule has 1 aromatic heterocycles. The highest BCUT2D eigenvalue weighted by Crippen LogP contribution is 1.99. The van der Waals surface area contributed by atoms with E-state index in [9.17, 15) is 0 Å². The van der Waals surface area contributed by atoms with E-state index < -0.39 is 0 Å². The van der Waals surface area contributed by atoms with Crippen molar-refractivity contribution in [2.24, 2.45) is 0 Å². The van der Waals surface area contributed by atoms with Crippen molar-refractivity contribution in [2.45, 2.75) is 13.8 Å². The minimum atomic E-state index is 0.547. The van der Waals surface area contributed by atoms with Crippen LogP contribution in [0.25, 0.3) is 0 Å². The molecule has 1 rings (SSSR count). The molecule has 0 aliphatic rings. The van der Waals surface area contributed by atoms with Gasteiger partial charge >= 0.3 is 0 Å². The van der Waals surface area contributed by atoms with Crippen molar-refractivity contribution in [3.63, 3.8) is 0 Å². The molecule has 0 N–H and O–H groups in total. The second-order valence-corrected chi connectivity index (χ2v) is 2.03. The van der Waals surface area contributed by atoms with Gasteiger partial charge in [0, 0.05) is 6.20 Å². The molecule has 0 aliphatic heterocycles. The molecule has 0 unspecified atom stereocenters. The van der Waals surface area contributed by atoms with Gasteiger partial charge in [-0.3, -0.25) is 0 Å². The van der Waals surface area contributed by atoms with E-state index in [1.807, 2.05) is 6.07 Å². The van der Waals surface area contributed by atoms with Crippen molar-refractivity contribution >= 4 is 0 Å². The minimum absolute atomic E-state index is 0.547. The zero-order valence-electron chi connectivity index (χ0n) is 5.92. The molecule has 50 valence electrons.